The summed E-state index contributed by atoms with van der Waals surface area (Å²) < 4.78 is 0. The third kappa shape index (κ3) is 2.97. The van der Waals surface area contributed by atoms with Gasteiger partial charge in [-0.05, 0) is 6.42 Å². The second-order valence-electron chi connectivity index (χ2n) is 4.06. The third-order valence-electron chi connectivity index (χ3n) is 2.89. The van der Waals surface area contributed by atoms with Crippen LogP contribution in [-0.4, -0.2) is 35.4 Å². The number of carbonyl (C=O) groups is 1. The van der Waals surface area contributed by atoms with Crippen LogP contribution >= 0.6 is 22.9 Å². The Hall–Kier alpha value is -0.650. The summed E-state index contributed by atoms with van der Waals surface area (Å²) >= 11 is 7.40. The molecule has 2 heterocycles. The summed E-state index contributed by atoms with van der Waals surface area (Å²) in [6.07, 6.45) is 0.961. The molecule has 1 aliphatic rings. The summed E-state index contributed by atoms with van der Waals surface area (Å²) in [5, 5.41) is 5.90. The average Bonchev–Trinajstić information content (AvgIpc) is 2.79. The molecule has 0 radical (unpaired) electrons. The molecular formula is C11H16ClN3OS. The summed E-state index contributed by atoms with van der Waals surface area (Å²) in [6, 6.07) is 0.239. The van der Waals surface area contributed by atoms with Crippen molar-refractivity contribution in [2.45, 2.75) is 25.3 Å². The van der Waals surface area contributed by atoms with Gasteiger partial charge < -0.3 is 5.32 Å². The second kappa shape index (κ2) is 5.80. The van der Waals surface area contributed by atoms with Crippen molar-refractivity contribution in [2.75, 3.05) is 19.6 Å². The maximum Gasteiger partial charge on any atom is 0.234 e. The molecule has 1 atom stereocenters. The maximum atomic E-state index is 11.4. The zero-order valence-corrected chi connectivity index (χ0v) is 11.4. The van der Waals surface area contributed by atoms with Crippen LogP contribution in [0.3, 0.4) is 0 Å². The molecule has 4 nitrogen and oxygen atoms in total. The number of piperazine rings is 1. The zero-order valence-electron chi connectivity index (χ0n) is 9.78. The SMILES string of the molecule is CCC(c1nc(CCl)cs1)N1CCNC(=O)C1. The van der Waals surface area contributed by atoms with E-state index in [1.807, 2.05) is 5.38 Å². The molecule has 0 aliphatic carbocycles. The van der Waals surface area contributed by atoms with Gasteiger partial charge in [0.05, 0.1) is 24.2 Å². The number of nitrogens with one attached hydrogen (secondary N) is 1. The number of thiazole rings is 1. The normalized spacial score (nSPS) is 19.1. The molecule has 1 aromatic heterocycles. The van der Waals surface area contributed by atoms with Gasteiger partial charge in [-0.1, -0.05) is 6.92 Å². The van der Waals surface area contributed by atoms with E-state index in [0.717, 1.165) is 30.2 Å². The molecule has 17 heavy (non-hydrogen) atoms. The third-order valence-corrected chi connectivity index (χ3v) is 4.16. The fourth-order valence-electron chi connectivity index (χ4n) is 2.05. The lowest BCUT2D eigenvalue weighted by Gasteiger charge is -2.32. The molecule has 1 fully saturated rings. The van der Waals surface area contributed by atoms with Crippen molar-refractivity contribution in [3.8, 4) is 0 Å². The number of nitrogens with zero attached hydrogens (tertiary/aromatic N) is 2. The molecule has 0 bridgehead atoms. The number of hydrogen-bond donors (Lipinski definition) is 1. The van der Waals surface area contributed by atoms with Gasteiger partial charge in [-0.2, -0.15) is 0 Å². The molecule has 2 rings (SSSR count). The van der Waals surface area contributed by atoms with Crippen LogP contribution in [0.15, 0.2) is 5.38 Å². The molecule has 6 heteroatoms. The van der Waals surface area contributed by atoms with Gasteiger partial charge in [-0.25, -0.2) is 4.98 Å². The van der Waals surface area contributed by atoms with E-state index >= 15 is 0 Å². The summed E-state index contributed by atoms with van der Waals surface area (Å²) in [5.74, 6) is 0.553. The van der Waals surface area contributed by atoms with Gasteiger partial charge in [0.1, 0.15) is 5.01 Å². The fourth-order valence-corrected chi connectivity index (χ4v) is 3.31. The number of rotatable bonds is 4. The predicted molar refractivity (Wildman–Crippen MR) is 69.3 cm³/mol. The van der Waals surface area contributed by atoms with Crippen LogP contribution in [0.4, 0.5) is 0 Å². The lowest BCUT2D eigenvalue weighted by atomic mass is 10.1. The molecule has 1 saturated heterocycles. The first-order chi connectivity index (χ1) is 8.24. The number of halogens is 1. The first-order valence-electron chi connectivity index (χ1n) is 5.75. The van der Waals surface area contributed by atoms with E-state index < -0.39 is 0 Å². The van der Waals surface area contributed by atoms with Crippen LogP contribution in [-0.2, 0) is 10.7 Å². The Morgan fingerprint density at radius 3 is 3.12 bits per heavy atom. The lowest BCUT2D eigenvalue weighted by Crippen LogP contribution is -2.48. The first kappa shape index (κ1) is 12.8. The highest BCUT2D eigenvalue weighted by Gasteiger charge is 2.26. The Morgan fingerprint density at radius 1 is 1.71 bits per heavy atom. The standard InChI is InChI=1S/C11H16ClN3OS/c1-2-9(11-14-8(5-12)7-17-11)15-4-3-13-10(16)6-15/h7,9H,2-6H2,1H3,(H,13,16). The summed E-state index contributed by atoms with van der Waals surface area (Å²) in [5.41, 5.74) is 0.923. The van der Waals surface area contributed by atoms with Gasteiger partial charge in [-0.15, -0.1) is 22.9 Å². The Morgan fingerprint density at radius 2 is 2.53 bits per heavy atom. The predicted octanol–water partition coefficient (Wildman–Crippen LogP) is 1.76. The van der Waals surface area contributed by atoms with Gasteiger partial charge in [-0.3, -0.25) is 9.69 Å². The number of amides is 1. The van der Waals surface area contributed by atoms with Crippen LogP contribution in [0, 0.1) is 0 Å². The summed E-state index contributed by atoms with van der Waals surface area (Å²) in [6.45, 7) is 4.20. The van der Waals surface area contributed by atoms with Crippen molar-refractivity contribution in [1.29, 1.82) is 0 Å². The maximum absolute atomic E-state index is 11.4. The van der Waals surface area contributed by atoms with Crippen molar-refractivity contribution in [3.05, 3.63) is 16.1 Å². The van der Waals surface area contributed by atoms with Crippen molar-refractivity contribution in [3.63, 3.8) is 0 Å². The molecular weight excluding hydrogens is 258 g/mol. The Bertz CT molecular complexity index is 396. The average molecular weight is 274 g/mol. The molecule has 1 amide bonds. The minimum Gasteiger partial charge on any atom is -0.354 e. The van der Waals surface area contributed by atoms with Gasteiger partial charge in [0.2, 0.25) is 5.91 Å². The van der Waals surface area contributed by atoms with E-state index in [1.54, 1.807) is 11.3 Å². The van der Waals surface area contributed by atoms with E-state index in [1.165, 1.54) is 0 Å². The van der Waals surface area contributed by atoms with E-state index in [0.29, 0.717) is 12.4 Å². The highest BCUT2D eigenvalue weighted by Crippen LogP contribution is 2.27. The van der Waals surface area contributed by atoms with E-state index in [2.05, 4.69) is 22.1 Å². The quantitative estimate of drug-likeness (QED) is 0.851. The largest absolute Gasteiger partial charge is 0.354 e. The van der Waals surface area contributed by atoms with E-state index in [-0.39, 0.29) is 11.9 Å². The molecule has 0 saturated carbocycles. The van der Waals surface area contributed by atoms with Crippen LogP contribution in [0.5, 0.6) is 0 Å². The molecule has 1 aliphatic heterocycles. The molecule has 0 aromatic carbocycles. The Labute approximate surface area is 110 Å². The van der Waals surface area contributed by atoms with Gasteiger partial charge >= 0.3 is 0 Å². The first-order valence-corrected chi connectivity index (χ1v) is 7.17. The number of carbonyl (C=O) groups excluding carboxylic acids is 1. The van der Waals surface area contributed by atoms with Crippen molar-refractivity contribution < 1.29 is 4.79 Å². The van der Waals surface area contributed by atoms with Crippen LogP contribution in [0.1, 0.15) is 30.1 Å². The molecule has 1 unspecified atom stereocenters. The topological polar surface area (TPSA) is 45.2 Å². The highest BCUT2D eigenvalue weighted by atomic mass is 35.5. The monoisotopic (exact) mass is 273 g/mol. The van der Waals surface area contributed by atoms with Crippen LogP contribution in [0.2, 0.25) is 0 Å². The number of alkyl halides is 1. The summed E-state index contributed by atoms with van der Waals surface area (Å²) in [7, 11) is 0. The summed E-state index contributed by atoms with van der Waals surface area (Å²) in [4.78, 5) is 18.1. The van der Waals surface area contributed by atoms with E-state index in [9.17, 15) is 4.79 Å². The lowest BCUT2D eigenvalue weighted by molar-refractivity contribution is -0.125. The molecule has 94 valence electrons. The minimum absolute atomic E-state index is 0.101. The van der Waals surface area contributed by atoms with Crippen molar-refractivity contribution >= 4 is 28.8 Å². The second-order valence-corrected chi connectivity index (χ2v) is 5.21. The number of aromatic nitrogens is 1. The molecule has 1 N–H and O–H groups in total. The molecule has 0 spiro atoms. The van der Waals surface area contributed by atoms with Gasteiger partial charge in [0, 0.05) is 18.5 Å². The van der Waals surface area contributed by atoms with Gasteiger partial charge in [0.15, 0.2) is 0 Å². The zero-order chi connectivity index (χ0) is 12.3. The highest BCUT2D eigenvalue weighted by molar-refractivity contribution is 7.09. The Balaban J connectivity index is 2.11. The van der Waals surface area contributed by atoms with Crippen molar-refractivity contribution in [2.24, 2.45) is 0 Å². The smallest absolute Gasteiger partial charge is 0.234 e. The Kier molecular flexibility index (Phi) is 4.36. The minimum atomic E-state index is 0.101. The van der Waals surface area contributed by atoms with Crippen LogP contribution in [0.25, 0.3) is 0 Å². The van der Waals surface area contributed by atoms with Gasteiger partial charge in [0.25, 0.3) is 0 Å². The number of hydrogen-bond acceptors (Lipinski definition) is 4. The van der Waals surface area contributed by atoms with E-state index in [4.69, 9.17) is 11.6 Å². The fraction of sp³-hybridized carbons (Fsp3) is 0.636. The van der Waals surface area contributed by atoms with Crippen LogP contribution < -0.4 is 5.32 Å². The molecule has 1 aromatic rings. The van der Waals surface area contributed by atoms with Crippen molar-refractivity contribution in [1.82, 2.24) is 15.2 Å².